The number of fused-ring (bicyclic) bond motifs is 1. The molecular formula is C28H47N2O2+. The van der Waals surface area contributed by atoms with Crippen LogP contribution in [0.4, 0.5) is 5.69 Å². The molecule has 4 nitrogen and oxygen atoms in total. The number of nitrogens with zero attached hydrogens (tertiary/aromatic N) is 2. The summed E-state index contributed by atoms with van der Waals surface area (Å²) < 4.78 is 6.39. The molecule has 1 aromatic heterocycles. The van der Waals surface area contributed by atoms with Gasteiger partial charge in [0.15, 0.2) is 0 Å². The summed E-state index contributed by atoms with van der Waals surface area (Å²) in [5.41, 5.74) is 2.56. The van der Waals surface area contributed by atoms with Gasteiger partial charge >= 0.3 is 5.63 Å². The normalized spacial score (nSPS) is 11.9. The molecule has 1 aromatic carbocycles. The van der Waals surface area contributed by atoms with Crippen molar-refractivity contribution in [2.45, 2.75) is 90.5 Å². The van der Waals surface area contributed by atoms with Gasteiger partial charge in [-0.1, -0.05) is 71.1 Å². The average molecular weight is 444 g/mol. The highest BCUT2D eigenvalue weighted by atomic mass is 16.4. The van der Waals surface area contributed by atoms with E-state index in [4.69, 9.17) is 4.42 Å². The van der Waals surface area contributed by atoms with Crippen molar-refractivity contribution in [1.82, 2.24) is 0 Å². The average Bonchev–Trinajstić information content (AvgIpc) is 2.73. The zero-order chi connectivity index (χ0) is 23.4. The van der Waals surface area contributed by atoms with Crippen LogP contribution in [0.25, 0.3) is 11.0 Å². The van der Waals surface area contributed by atoms with Crippen LogP contribution in [0.1, 0.15) is 89.5 Å². The van der Waals surface area contributed by atoms with Crippen molar-refractivity contribution in [3.8, 4) is 0 Å². The monoisotopic (exact) mass is 443 g/mol. The number of hydrogen-bond acceptors (Lipinski definition) is 3. The van der Waals surface area contributed by atoms with Crippen LogP contribution in [-0.2, 0) is 6.54 Å². The molecule has 0 saturated heterocycles. The van der Waals surface area contributed by atoms with Crippen molar-refractivity contribution in [2.75, 3.05) is 39.6 Å². The first kappa shape index (κ1) is 26.4. The summed E-state index contributed by atoms with van der Waals surface area (Å²) in [5, 5.41) is 1.05. The molecule has 0 aliphatic rings. The molecule has 0 atom stereocenters. The van der Waals surface area contributed by atoms with E-state index in [1.807, 2.05) is 25.1 Å². The predicted molar refractivity (Wildman–Crippen MR) is 139 cm³/mol. The van der Waals surface area contributed by atoms with Gasteiger partial charge in [-0.3, -0.25) is 0 Å². The standard InChI is InChI=1S/C28H47N2O2/c1-6-7-8-9-10-11-12-13-14-15-16-17-20-30(4,5)23-24-21-28(31)32-27-22-25(29(2)3)18-19-26(24)27/h18-19,21-22H,6-17,20,23H2,1-5H3/q+1. The van der Waals surface area contributed by atoms with E-state index in [0.29, 0.717) is 5.58 Å². The number of unbranched alkanes of at least 4 members (excludes halogenated alkanes) is 11. The van der Waals surface area contributed by atoms with Gasteiger partial charge in [0, 0.05) is 42.9 Å². The highest BCUT2D eigenvalue weighted by Gasteiger charge is 2.19. The van der Waals surface area contributed by atoms with E-state index in [1.165, 1.54) is 77.0 Å². The molecule has 0 spiro atoms. The maximum Gasteiger partial charge on any atom is 0.336 e. The fraction of sp³-hybridized carbons (Fsp3) is 0.679. The van der Waals surface area contributed by atoms with Crippen LogP contribution in [0.5, 0.6) is 0 Å². The third kappa shape index (κ3) is 9.36. The molecule has 0 aliphatic carbocycles. The largest absolute Gasteiger partial charge is 0.423 e. The van der Waals surface area contributed by atoms with Crippen molar-refractivity contribution < 1.29 is 8.90 Å². The molecule has 0 unspecified atom stereocenters. The lowest BCUT2D eigenvalue weighted by atomic mass is 10.0. The molecule has 0 aliphatic heterocycles. The molecule has 0 N–H and O–H groups in total. The van der Waals surface area contributed by atoms with E-state index >= 15 is 0 Å². The second-order valence-electron chi connectivity index (χ2n) is 10.4. The van der Waals surface area contributed by atoms with E-state index in [2.05, 4.69) is 33.2 Å². The minimum atomic E-state index is -0.256. The van der Waals surface area contributed by atoms with Crippen LogP contribution >= 0.6 is 0 Å². The van der Waals surface area contributed by atoms with Crippen LogP contribution in [0, 0.1) is 0 Å². The Morgan fingerprint density at radius 2 is 1.38 bits per heavy atom. The zero-order valence-electron chi connectivity index (χ0n) is 21.4. The molecule has 4 heteroatoms. The molecule has 0 fully saturated rings. The van der Waals surface area contributed by atoms with Crippen molar-refractivity contribution >= 4 is 16.7 Å². The molecule has 32 heavy (non-hydrogen) atoms. The number of hydrogen-bond donors (Lipinski definition) is 0. The molecule has 2 aromatic rings. The Kier molecular flexibility index (Phi) is 11.3. The maximum atomic E-state index is 12.2. The van der Waals surface area contributed by atoms with Gasteiger partial charge in [0.25, 0.3) is 0 Å². The van der Waals surface area contributed by atoms with E-state index in [9.17, 15) is 4.79 Å². The molecule has 180 valence electrons. The van der Waals surface area contributed by atoms with Crippen molar-refractivity contribution in [1.29, 1.82) is 0 Å². The van der Waals surface area contributed by atoms with Gasteiger partial charge in [0.1, 0.15) is 12.1 Å². The summed E-state index contributed by atoms with van der Waals surface area (Å²) >= 11 is 0. The summed E-state index contributed by atoms with van der Waals surface area (Å²) in [6, 6.07) is 7.83. The molecule has 1 heterocycles. The van der Waals surface area contributed by atoms with Gasteiger partial charge in [-0.15, -0.1) is 0 Å². The lowest BCUT2D eigenvalue weighted by Gasteiger charge is -2.30. The molecule has 2 rings (SSSR count). The summed E-state index contributed by atoms with van der Waals surface area (Å²) in [4.78, 5) is 14.2. The van der Waals surface area contributed by atoms with Gasteiger partial charge in [-0.05, 0) is 25.0 Å². The lowest BCUT2D eigenvalue weighted by Crippen LogP contribution is -2.39. The zero-order valence-corrected chi connectivity index (χ0v) is 21.4. The van der Waals surface area contributed by atoms with Crippen LogP contribution in [0.3, 0.4) is 0 Å². The Balaban J connectivity index is 1.73. The highest BCUT2D eigenvalue weighted by molar-refractivity contribution is 5.83. The van der Waals surface area contributed by atoms with Gasteiger partial charge in [0.05, 0.1) is 20.6 Å². The summed E-state index contributed by atoms with van der Waals surface area (Å²) in [7, 11) is 8.54. The number of anilines is 1. The van der Waals surface area contributed by atoms with Crippen molar-refractivity contribution in [3.05, 3.63) is 40.2 Å². The quantitative estimate of drug-likeness (QED) is 0.157. The van der Waals surface area contributed by atoms with Gasteiger partial charge in [-0.2, -0.15) is 0 Å². The topological polar surface area (TPSA) is 33.5 Å². The summed E-state index contributed by atoms with van der Waals surface area (Å²) in [6.07, 6.45) is 16.5. The number of benzene rings is 1. The first-order valence-electron chi connectivity index (χ1n) is 12.9. The minimum absolute atomic E-state index is 0.256. The maximum absolute atomic E-state index is 12.2. The van der Waals surface area contributed by atoms with E-state index in [1.54, 1.807) is 6.07 Å². The Morgan fingerprint density at radius 3 is 1.94 bits per heavy atom. The first-order valence-corrected chi connectivity index (χ1v) is 12.9. The third-order valence-corrected chi connectivity index (χ3v) is 6.55. The Morgan fingerprint density at radius 1 is 0.812 bits per heavy atom. The fourth-order valence-corrected chi connectivity index (χ4v) is 4.55. The summed E-state index contributed by atoms with van der Waals surface area (Å²) in [5.74, 6) is 0. The Labute approximate surface area is 196 Å². The fourth-order valence-electron chi connectivity index (χ4n) is 4.55. The SMILES string of the molecule is CCCCCCCCCCCCCC[N+](C)(C)Cc1cc(=O)oc2cc(N(C)C)ccc12. The first-order chi connectivity index (χ1) is 15.3. The number of quaternary nitrogens is 1. The molecule has 0 bridgehead atoms. The van der Waals surface area contributed by atoms with E-state index < -0.39 is 0 Å². The minimum Gasteiger partial charge on any atom is -0.423 e. The Hall–Kier alpha value is -1.81. The van der Waals surface area contributed by atoms with E-state index in [-0.39, 0.29) is 5.63 Å². The predicted octanol–water partition coefficient (Wildman–Crippen LogP) is 7.14. The van der Waals surface area contributed by atoms with E-state index in [0.717, 1.165) is 34.2 Å². The van der Waals surface area contributed by atoms with Gasteiger partial charge < -0.3 is 13.8 Å². The van der Waals surface area contributed by atoms with Crippen molar-refractivity contribution in [3.63, 3.8) is 0 Å². The Bertz CT molecular complexity index is 854. The number of rotatable bonds is 16. The van der Waals surface area contributed by atoms with Gasteiger partial charge in [0.2, 0.25) is 0 Å². The third-order valence-electron chi connectivity index (χ3n) is 6.55. The molecule has 0 saturated carbocycles. The van der Waals surface area contributed by atoms with Crippen LogP contribution in [-0.4, -0.2) is 39.2 Å². The molecular weight excluding hydrogens is 396 g/mol. The van der Waals surface area contributed by atoms with Crippen molar-refractivity contribution in [2.24, 2.45) is 0 Å². The second-order valence-corrected chi connectivity index (χ2v) is 10.4. The van der Waals surface area contributed by atoms with Crippen LogP contribution in [0.2, 0.25) is 0 Å². The summed E-state index contributed by atoms with van der Waals surface area (Å²) in [6.45, 7) is 4.26. The second kappa shape index (κ2) is 13.7. The highest BCUT2D eigenvalue weighted by Crippen LogP contribution is 2.25. The smallest absolute Gasteiger partial charge is 0.336 e. The molecule has 0 amide bonds. The van der Waals surface area contributed by atoms with Crippen LogP contribution < -0.4 is 10.5 Å². The van der Waals surface area contributed by atoms with Gasteiger partial charge in [-0.25, -0.2) is 4.79 Å². The molecule has 0 radical (unpaired) electrons. The lowest BCUT2D eigenvalue weighted by molar-refractivity contribution is -0.903. The van der Waals surface area contributed by atoms with Crippen LogP contribution in [0.15, 0.2) is 33.5 Å².